The van der Waals surface area contributed by atoms with Gasteiger partial charge < -0.3 is 9.47 Å². The van der Waals surface area contributed by atoms with Crippen LogP contribution in [-0.2, 0) is 19.1 Å². The van der Waals surface area contributed by atoms with Gasteiger partial charge in [0.1, 0.15) is 5.57 Å². The number of rotatable bonds is 9. The molecule has 0 saturated heterocycles. The van der Waals surface area contributed by atoms with Gasteiger partial charge in [-0.05, 0) is 13.8 Å². The molecule has 0 aromatic heterocycles. The summed E-state index contributed by atoms with van der Waals surface area (Å²) in [5, 5.41) is 0. The second-order valence-electron chi connectivity index (χ2n) is 7.38. The topological polar surface area (TPSA) is 65.0 Å². The third-order valence-electron chi connectivity index (χ3n) is 4.26. The number of benzene rings is 2. The van der Waals surface area contributed by atoms with Gasteiger partial charge >= 0.3 is 11.9 Å². The molecule has 0 heterocycles. The molecule has 0 bridgehead atoms. The zero-order valence-corrected chi connectivity index (χ0v) is 18.1. The summed E-state index contributed by atoms with van der Waals surface area (Å²) in [6.45, 7) is 7.96. The SMILES string of the molecule is CCOC(=O)C(=CC(C)(C)CN=C(c1ccccc1)c1ccccc1)C(=O)OCC. The smallest absolute Gasteiger partial charge is 0.345 e. The second kappa shape index (κ2) is 11.1. The Morgan fingerprint density at radius 3 is 1.67 bits per heavy atom. The Morgan fingerprint density at radius 1 is 0.833 bits per heavy atom. The molecule has 158 valence electrons. The fourth-order valence-electron chi connectivity index (χ4n) is 2.88. The van der Waals surface area contributed by atoms with Gasteiger partial charge in [0.2, 0.25) is 0 Å². The van der Waals surface area contributed by atoms with Crippen LogP contribution in [0, 0.1) is 5.41 Å². The van der Waals surface area contributed by atoms with Crippen LogP contribution in [0.2, 0.25) is 0 Å². The lowest BCUT2D eigenvalue weighted by molar-refractivity contribution is -0.146. The fourth-order valence-corrected chi connectivity index (χ4v) is 2.88. The maximum Gasteiger partial charge on any atom is 0.345 e. The van der Waals surface area contributed by atoms with E-state index in [4.69, 9.17) is 14.5 Å². The summed E-state index contributed by atoms with van der Waals surface area (Å²) in [7, 11) is 0. The van der Waals surface area contributed by atoms with Gasteiger partial charge in [-0.15, -0.1) is 0 Å². The van der Waals surface area contributed by atoms with E-state index >= 15 is 0 Å². The third-order valence-corrected chi connectivity index (χ3v) is 4.26. The number of nitrogens with zero attached hydrogens (tertiary/aromatic N) is 1. The summed E-state index contributed by atoms with van der Waals surface area (Å²) < 4.78 is 10.1. The van der Waals surface area contributed by atoms with Crippen molar-refractivity contribution in [2.75, 3.05) is 19.8 Å². The molecule has 0 atom stereocenters. The van der Waals surface area contributed by atoms with E-state index in [2.05, 4.69) is 0 Å². The van der Waals surface area contributed by atoms with Crippen LogP contribution in [0.4, 0.5) is 0 Å². The number of ether oxygens (including phenoxy) is 2. The van der Waals surface area contributed by atoms with E-state index < -0.39 is 17.4 Å². The number of esters is 2. The van der Waals surface area contributed by atoms with Gasteiger partial charge in [-0.3, -0.25) is 4.99 Å². The van der Waals surface area contributed by atoms with E-state index in [0.29, 0.717) is 6.54 Å². The van der Waals surface area contributed by atoms with E-state index in [1.54, 1.807) is 19.9 Å². The first-order valence-electron chi connectivity index (χ1n) is 10.1. The molecule has 2 aromatic carbocycles. The normalized spacial score (nSPS) is 10.7. The molecular weight excluding hydrogens is 378 g/mol. The van der Waals surface area contributed by atoms with Crippen molar-refractivity contribution in [2.24, 2.45) is 10.4 Å². The zero-order valence-electron chi connectivity index (χ0n) is 18.1. The van der Waals surface area contributed by atoms with Crippen molar-refractivity contribution in [2.45, 2.75) is 27.7 Å². The Balaban J connectivity index is 2.39. The quantitative estimate of drug-likeness (QED) is 0.200. The first-order valence-corrected chi connectivity index (χ1v) is 10.1. The van der Waals surface area contributed by atoms with Gasteiger partial charge in [-0.1, -0.05) is 80.6 Å². The molecular formula is C25H29NO4. The fraction of sp³-hybridized carbons (Fsp3) is 0.320. The minimum absolute atomic E-state index is 0.0973. The first kappa shape index (κ1) is 23.1. The monoisotopic (exact) mass is 407 g/mol. The van der Waals surface area contributed by atoms with E-state index in [1.807, 2.05) is 74.5 Å². The van der Waals surface area contributed by atoms with Crippen LogP contribution < -0.4 is 0 Å². The highest BCUT2D eigenvalue weighted by Gasteiger charge is 2.26. The lowest BCUT2D eigenvalue weighted by Crippen LogP contribution is -2.23. The highest BCUT2D eigenvalue weighted by atomic mass is 16.6. The van der Waals surface area contributed by atoms with E-state index in [0.717, 1.165) is 16.8 Å². The second-order valence-corrected chi connectivity index (χ2v) is 7.38. The Labute approximate surface area is 178 Å². The number of hydrogen-bond acceptors (Lipinski definition) is 5. The molecule has 0 radical (unpaired) electrons. The van der Waals surface area contributed by atoms with Gasteiger partial charge in [0.05, 0.1) is 18.9 Å². The molecule has 0 aliphatic carbocycles. The first-order chi connectivity index (χ1) is 14.4. The summed E-state index contributed by atoms with van der Waals surface area (Å²) >= 11 is 0. The van der Waals surface area contributed by atoms with Gasteiger partial charge in [0, 0.05) is 23.1 Å². The van der Waals surface area contributed by atoms with Crippen LogP contribution >= 0.6 is 0 Å². The molecule has 0 fully saturated rings. The summed E-state index contributed by atoms with van der Waals surface area (Å²) in [5.74, 6) is -1.36. The highest BCUT2D eigenvalue weighted by molar-refractivity contribution is 6.14. The maximum absolute atomic E-state index is 12.3. The lowest BCUT2D eigenvalue weighted by atomic mass is 9.90. The van der Waals surface area contributed by atoms with Crippen LogP contribution in [0.15, 0.2) is 77.3 Å². The number of aliphatic imine (C=N–C) groups is 1. The van der Waals surface area contributed by atoms with Crippen LogP contribution in [0.1, 0.15) is 38.8 Å². The summed E-state index contributed by atoms with van der Waals surface area (Å²) in [6.07, 6.45) is 1.60. The average Bonchev–Trinajstić information content (AvgIpc) is 2.74. The van der Waals surface area contributed by atoms with Crippen LogP contribution in [0.25, 0.3) is 0 Å². The van der Waals surface area contributed by atoms with Crippen molar-refractivity contribution in [3.8, 4) is 0 Å². The van der Waals surface area contributed by atoms with E-state index in [9.17, 15) is 9.59 Å². The largest absolute Gasteiger partial charge is 0.462 e. The number of hydrogen-bond donors (Lipinski definition) is 0. The molecule has 2 aromatic rings. The molecule has 30 heavy (non-hydrogen) atoms. The predicted octanol–water partition coefficient (Wildman–Crippen LogP) is 4.60. The third kappa shape index (κ3) is 6.69. The molecule has 0 saturated carbocycles. The Hall–Kier alpha value is -3.21. The maximum atomic E-state index is 12.3. The predicted molar refractivity (Wildman–Crippen MR) is 119 cm³/mol. The standard InChI is InChI=1S/C25H29NO4/c1-5-29-23(27)21(24(28)30-6-2)17-25(3,4)18-26-22(19-13-9-7-10-14-19)20-15-11-8-12-16-20/h7-17H,5-6,18H2,1-4H3. The molecule has 5 heteroatoms. The Bertz CT molecular complexity index is 838. The molecule has 0 aliphatic rings. The van der Waals surface area contributed by atoms with Crippen molar-refractivity contribution in [3.63, 3.8) is 0 Å². The van der Waals surface area contributed by atoms with Crippen molar-refractivity contribution in [1.82, 2.24) is 0 Å². The Kier molecular flexibility index (Phi) is 8.54. The van der Waals surface area contributed by atoms with E-state index in [1.165, 1.54) is 0 Å². The molecule has 0 amide bonds. The van der Waals surface area contributed by atoms with E-state index in [-0.39, 0.29) is 18.8 Å². The van der Waals surface area contributed by atoms with Gasteiger partial charge in [-0.25, -0.2) is 9.59 Å². The molecule has 0 N–H and O–H groups in total. The van der Waals surface area contributed by atoms with Crippen molar-refractivity contribution in [3.05, 3.63) is 83.4 Å². The van der Waals surface area contributed by atoms with Crippen molar-refractivity contribution in [1.29, 1.82) is 0 Å². The summed E-state index contributed by atoms with van der Waals surface area (Å²) in [4.78, 5) is 29.4. The van der Waals surface area contributed by atoms with Gasteiger partial charge in [0.15, 0.2) is 0 Å². The summed E-state index contributed by atoms with van der Waals surface area (Å²) in [5.41, 5.74) is 2.18. The molecule has 2 rings (SSSR count). The van der Waals surface area contributed by atoms with Gasteiger partial charge in [-0.2, -0.15) is 0 Å². The van der Waals surface area contributed by atoms with Crippen LogP contribution in [-0.4, -0.2) is 37.4 Å². The lowest BCUT2D eigenvalue weighted by Gasteiger charge is -2.20. The minimum Gasteiger partial charge on any atom is -0.462 e. The van der Waals surface area contributed by atoms with Crippen molar-refractivity contribution < 1.29 is 19.1 Å². The van der Waals surface area contributed by atoms with Crippen LogP contribution in [0.3, 0.4) is 0 Å². The van der Waals surface area contributed by atoms with Gasteiger partial charge in [0.25, 0.3) is 0 Å². The molecule has 0 aliphatic heterocycles. The minimum atomic E-state index is -0.681. The average molecular weight is 408 g/mol. The Morgan fingerprint density at radius 2 is 1.27 bits per heavy atom. The molecule has 0 unspecified atom stereocenters. The number of carbonyl (C=O) groups is 2. The summed E-state index contributed by atoms with van der Waals surface area (Å²) in [6, 6.07) is 19.9. The van der Waals surface area contributed by atoms with Crippen LogP contribution in [0.5, 0.6) is 0 Å². The zero-order chi connectivity index (χ0) is 22.0. The molecule has 0 spiro atoms. The van der Waals surface area contributed by atoms with Crippen molar-refractivity contribution >= 4 is 17.7 Å². The highest BCUT2D eigenvalue weighted by Crippen LogP contribution is 2.23. The molecule has 5 nitrogen and oxygen atoms in total. The number of carbonyl (C=O) groups excluding carboxylic acids is 2.